The van der Waals surface area contributed by atoms with Crippen LogP contribution in [0.15, 0.2) is 36.4 Å². The number of hydrogen-bond donors (Lipinski definition) is 0. The number of benzene rings is 1. The molecule has 1 aromatic heterocycles. The van der Waals surface area contributed by atoms with Gasteiger partial charge in [0.1, 0.15) is 0 Å². The average molecular weight is 316 g/mol. The molecule has 0 aliphatic rings. The molecule has 0 saturated carbocycles. The third-order valence-corrected chi connectivity index (χ3v) is 4.41. The van der Waals surface area contributed by atoms with Gasteiger partial charge in [-0.25, -0.2) is 0 Å². The van der Waals surface area contributed by atoms with Gasteiger partial charge in [-0.15, -0.1) is 11.3 Å². The zero-order chi connectivity index (χ0) is 15.9. The molecule has 0 bridgehead atoms. The van der Waals surface area contributed by atoms with Gasteiger partial charge < -0.3 is 9.47 Å². The normalized spacial score (nSPS) is 10.9. The van der Waals surface area contributed by atoms with E-state index in [-0.39, 0.29) is 5.78 Å². The number of ketones is 1. The number of ether oxygens (including phenoxy) is 2. The number of allylic oxidation sites excluding steroid dienone is 1. The van der Waals surface area contributed by atoms with Crippen LogP contribution in [0.2, 0.25) is 0 Å². The Bertz CT molecular complexity index is 671. The molecule has 0 N–H and O–H groups in total. The van der Waals surface area contributed by atoms with Crippen LogP contribution < -0.4 is 9.47 Å². The van der Waals surface area contributed by atoms with Crippen molar-refractivity contribution in [3.63, 3.8) is 0 Å². The SMILES string of the molecule is CCCc1ccc(C(=O)/C=C/c2cccc(OC)c2OC)s1. The summed E-state index contributed by atoms with van der Waals surface area (Å²) in [4.78, 5) is 14.3. The highest BCUT2D eigenvalue weighted by Crippen LogP contribution is 2.31. The fourth-order valence-electron chi connectivity index (χ4n) is 2.18. The highest BCUT2D eigenvalue weighted by molar-refractivity contribution is 7.14. The first-order valence-electron chi connectivity index (χ1n) is 7.21. The number of thiophene rings is 1. The molecular formula is C18H20O3S. The van der Waals surface area contributed by atoms with Gasteiger partial charge in [-0.3, -0.25) is 4.79 Å². The molecule has 2 rings (SSSR count). The average Bonchev–Trinajstić information content (AvgIpc) is 3.01. The minimum Gasteiger partial charge on any atom is -0.493 e. The van der Waals surface area contributed by atoms with Crippen molar-refractivity contribution >= 4 is 23.2 Å². The predicted octanol–water partition coefficient (Wildman–Crippen LogP) is 4.61. The Morgan fingerprint density at radius 1 is 1.18 bits per heavy atom. The summed E-state index contributed by atoms with van der Waals surface area (Å²) >= 11 is 1.56. The maximum absolute atomic E-state index is 12.2. The van der Waals surface area contributed by atoms with Crippen molar-refractivity contribution in [1.29, 1.82) is 0 Å². The maximum atomic E-state index is 12.2. The summed E-state index contributed by atoms with van der Waals surface area (Å²) in [6.07, 6.45) is 5.46. The van der Waals surface area contributed by atoms with Gasteiger partial charge in [0, 0.05) is 10.4 Å². The van der Waals surface area contributed by atoms with Crippen molar-refractivity contribution in [1.82, 2.24) is 0 Å². The van der Waals surface area contributed by atoms with Crippen LogP contribution in [0.3, 0.4) is 0 Å². The number of rotatable bonds is 7. The topological polar surface area (TPSA) is 35.5 Å². The predicted molar refractivity (Wildman–Crippen MR) is 91.2 cm³/mol. The molecule has 0 spiro atoms. The van der Waals surface area contributed by atoms with E-state index in [9.17, 15) is 4.79 Å². The van der Waals surface area contributed by atoms with E-state index in [1.165, 1.54) is 4.88 Å². The van der Waals surface area contributed by atoms with Gasteiger partial charge in [0.05, 0.1) is 19.1 Å². The lowest BCUT2D eigenvalue weighted by atomic mass is 10.1. The van der Waals surface area contributed by atoms with Gasteiger partial charge >= 0.3 is 0 Å². The van der Waals surface area contributed by atoms with Crippen molar-refractivity contribution in [3.05, 3.63) is 51.7 Å². The zero-order valence-electron chi connectivity index (χ0n) is 13.1. The second kappa shape index (κ2) is 7.80. The summed E-state index contributed by atoms with van der Waals surface area (Å²) in [5, 5.41) is 0. The third kappa shape index (κ3) is 3.77. The molecule has 0 unspecified atom stereocenters. The highest BCUT2D eigenvalue weighted by Gasteiger charge is 2.09. The number of aryl methyl sites for hydroxylation is 1. The number of hydrogen-bond acceptors (Lipinski definition) is 4. The highest BCUT2D eigenvalue weighted by atomic mass is 32.1. The molecule has 0 saturated heterocycles. The molecule has 0 aliphatic heterocycles. The second-order valence-electron chi connectivity index (χ2n) is 4.80. The van der Waals surface area contributed by atoms with E-state index in [4.69, 9.17) is 9.47 Å². The van der Waals surface area contributed by atoms with Crippen molar-refractivity contribution in [2.24, 2.45) is 0 Å². The van der Waals surface area contributed by atoms with Crippen LogP contribution in [0.25, 0.3) is 6.08 Å². The Kier molecular flexibility index (Phi) is 5.78. The van der Waals surface area contributed by atoms with Gasteiger partial charge in [-0.1, -0.05) is 25.5 Å². The van der Waals surface area contributed by atoms with Crippen molar-refractivity contribution in [2.45, 2.75) is 19.8 Å². The van der Waals surface area contributed by atoms with Crippen molar-refractivity contribution < 1.29 is 14.3 Å². The van der Waals surface area contributed by atoms with E-state index in [1.807, 2.05) is 30.3 Å². The van der Waals surface area contributed by atoms with Gasteiger partial charge in [0.15, 0.2) is 17.3 Å². The minimum absolute atomic E-state index is 0.0113. The molecule has 3 nitrogen and oxygen atoms in total. The van der Waals surface area contributed by atoms with Gasteiger partial charge in [0.2, 0.25) is 0 Å². The van der Waals surface area contributed by atoms with E-state index < -0.39 is 0 Å². The van der Waals surface area contributed by atoms with Gasteiger partial charge in [0.25, 0.3) is 0 Å². The van der Waals surface area contributed by atoms with E-state index in [1.54, 1.807) is 37.7 Å². The Hall–Kier alpha value is -2.07. The lowest BCUT2D eigenvalue weighted by Gasteiger charge is -2.09. The van der Waals surface area contributed by atoms with Crippen LogP contribution in [-0.2, 0) is 6.42 Å². The summed E-state index contributed by atoms with van der Waals surface area (Å²) in [6, 6.07) is 9.51. The number of methoxy groups -OCH3 is 2. The number of carbonyl (C=O) groups excluding carboxylic acids is 1. The van der Waals surface area contributed by atoms with Crippen LogP contribution in [0.4, 0.5) is 0 Å². The molecule has 1 aromatic carbocycles. The van der Waals surface area contributed by atoms with Crippen LogP contribution in [-0.4, -0.2) is 20.0 Å². The Balaban J connectivity index is 2.18. The van der Waals surface area contributed by atoms with Crippen LogP contribution in [0.5, 0.6) is 11.5 Å². The van der Waals surface area contributed by atoms with E-state index in [0.29, 0.717) is 11.5 Å². The Morgan fingerprint density at radius 2 is 2.00 bits per heavy atom. The summed E-state index contributed by atoms with van der Waals surface area (Å²) in [6.45, 7) is 2.14. The monoisotopic (exact) mass is 316 g/mol. The van der Waals surface area contributed by atoms with Crippen molar-refractivity contribution in [2.75, 3.05) is 14.2 Å². The van der Waals surface area contributed by atoms with Crippen LogP contribution >= 0.6 is 11.3 Å². The number of para-hydroxylation sites is 1. The Morgan fingerprint density at radius 3 is 2.68 bits per heavy atom. The minimum atomic E-state index is 0.0113. The third-order valence-electron chi connectivity index (χ3n) is 3.25. The maximum Gasteiger partial charge on any atom is 0.195 e. The molecule has 0 aliphatic carbocycles. The van der Waals surface area contributed by atoms with Gasteiger partial charge in [-0.2, -0.15) is 0 Å². The molecule has 1 heterocycles. The quantitative estimate of drug-likeness (QED) is 0.552. The smallest absolute Gasteiger partial charge is 0.195 e. The fourth-order valence-corrected chi connectivity index (χ4v) is 3.21. The lowest BCUT2D eigenvalue weighted by molar-refractivity contribution is 0.105. The molecule has 116 valence electrons. The summed E-state index contributed by atoms with van der Waals surface area (Å²) < 4.78 is 10.6. The zero-order valence-corrected chi connectivity index (χ0v) is 13.9. The molecule has 0 amide bonds. The molecule has 22 heavy (non-hydrogen) atoms. The summed E-state index contributed by atoms with van der Waals surface area (Å²) in [5.74, 6) is 1.29. The largest absolute Gasteiger partial charge is 0.493 e. The Labute approximate surface area is 135 Å². The van der Waals surface area contributed by atoms with Gasteiger partial charge in [-0.05, 0) is 36.8 Å². The first-order valence-corrected chi connectivity index (χ1v) is 8.03. The van der Waals surface area contributed by atoms with Crippen LogP contribution in [0, 0.1) is 0 Å². The first kappa shape index (κ1) is 16.3. The fraction of sp³-hybridized carbons (Fsp3) is 0.278. The number of carbonyl (C=O) groups is 1. The van der Waals surface area contributed by atoms with E-state index in [2.05, 4.69) is 6.92 Å². The standard InChI is InChI=1S/C18H20O3S/c1-4-6-14-10-12-17(22-14)15(19)11-9-13-7-5-8-16(20-2)18(13)21-3/h5,7-12H,4,6H2,1-3H3/b11-9+. The molecule has 0 atom stereocenters. The summed E-state index contributed by atoms with van der Waals surface area (Å²) in [7, 11) is 3.19. The van der Waals surface area contributed by atoms with E-state index in [0.717, 1.165) is 23.3 Å². The van der Waals surface area contributed by atoms with Crippen molar-refractivity contribution in [3.8, 4) is 11.5 Å². The molecule has 4 heteroatoms. The van der Waals surface area contributed by atoms with E-state index >= 15 is 0 Å². The lowest BCUT2D eigenvalue weighted by Crippen LogP contribution is -1.93. The molecule has 0 fully saturated rings. The second-order valence-corrected chi connectivity index (χ2v) is 5.96. The molecule has 2 aromatic rings. The molecule has 0 radical (unpaired) electrons. The summed E-state index contributed by atoms with van der Waals surface area (Å²) in [5.41, 5.74) is 0.820. The molecular weight excluding hydrogens is 296 g/mol. The first-order chi connectivity index (χ1) is 10.7. The van der Waals surface area contributed by atoms with Crippen LogP contribution in [0.1, 0.15) is 33.5 Å².